The van der Waals surface area contributed by atoms with Gasteiger partial charge in [0, 0.05) is 12.6 Å². The van der Waals surface area contributed by atoms with Crippen molar-refractivity contribution in [3.63, 3.8) is 0 Å². The van der Waals surface area contributed by atoms with Crippen LogP contribution in [0.3, 0.4) is 0 Å². The predicted molar refractivity (Wildman–Crippen MR) is 161 cm³/mol. The molecule has 210 valence electrons. The standard InChI is InChI=1S/C36H37NO4/c38-36(41-28-32-20-11-4-12-21-32)37(25-29-14-5-1-6-15-29)33-22-13-23-34(39-26-30-16-7-2-8-17-30)35(24-33)40-27-31-18-9-3-10-19-31/h1-21,23,33-35H,22,24-28H2/t33-,34-,35-/m1/s1. The number of hydrogen-bond donors (Lipinski definition) is 0. The fourth-order valence-electron chi connectivity index (χ4n) is 5.04. The van der Waals surface area contributed by atoms with Crippen molar-refractivity contribution < 1.29 is 19.0 Å². The number of amides is 1. The summed E-state index contributed by atoms with van der Waals surface area (Å²) in [4.78, 5) is 15.5. The van der Waals surface area contributed by atoms with Gasteiger partial charge >= 0.3 is 6.09 Å². The number of ether oxygens (including phenoxy) is 3. The van der Waals surface area contributed by atoms with E-state index in [2.05, 4.69) is 36.4 Å². The Morgan fingerprint density at radius 2 is 1.12 bits per heavy atom. The fourth-order valence-corrected chi connectivity index (χ4v) is 5.04. The molecule has 0 spiro atoms. The zero-order valence-corrected chi connectivity index (χ0v) is 23.3. The molecule has 0 saturated heterocycles. The molecule has 0 N–H and O–H groups in total. The van der Waals surface area contributed by atoms with Gasteiger partial charge in [0.25, 0.3) is 0 Å². The summed E-state index contributed by atoms with van der Waals surface area (Å²) < 4.78 is 18.8. The highest BCUT2D eigenvalue weighted by Gasteiger charge is 2.33. The lowest BCUT2D eigenvalue weighted by Gasteiger charge is -2.33. The van der Waals surface area contributed by atoms with Crippen molar-refractivity contribution in [3.8, 4) is 0 Å². The fraction of sp³-hybridized carbons (Fsp3) is 0.250. The summed E-state index contributed by atoms with van der Waals surface area (Å²) >= 11 is 0. The summed E-state index contributed by atoms with van der Waals surface area (Å²) in [5, 5.41) is 0. The van der Waals surface area contributed by atoms with Crippen molar-refractivity contribution in [1.82, 2.24) is 4.90 Å². The topological polar surface area (TPSA) is 48.0 Å². The molecule has 4 aromatic carbocycles. The van der Waals surface area contributed by atoms with Crippen LogP contribution in [0.5, 0.6) is 0 Å². The van der Waals surface area contributed by atoms with Crippen molar-refractivity contribution in [3.05, 3.63) is 156 Å². The summed E-state index contributed by atoms with van der Waals surface area (Å²) in [5.74, 6) is 0. The number of benzene rings is 4. The number of rotatable bonds is 11. The van der Waals surface area contributed by atoms with E-state index in [1.165, 1.54) is 0 Å². The summed E-state index contributed by atoms with van der Waals surface area (Å²) in [6, 6.07) is 40.0. The van der Waals surface area contributed by atoms with Crippen LogP contribution in [0.1, 0.15) is 35.1 Å². The molecule has 41 heavy (non-hydrogen) atoms. The number of hydrogen-bond acceptors (Lipinski definition) is 4. The minimum Gasteiger partial charge on any atom is -0.445 e. The number of carbonyl (C=O) groups excluding carboxylic acids is 1. The van der Waals surface area contributed by atoms with Crippen LogP contribution in [0.15, 0.2) is 133 Å². The van der Waals surface area contributed by atoms with E-state index in [1.807, 2.05) is 102 Å². The second kappa shape index (κ2) is 15.0. The third kappa shape index (κ3) is 8.65. The first kappa shape index (κ1) is 28.3. The second-order valence-corrected chi connectivity index (χ2v) is 10.3. The van der Waals surface area contributed by atoms with Crippen molar-refractivity contribution in [1.29, 1.82) is 0 Å². The normalized spacial score (nSPS) is 18.4. The molecule has 0 bridgehead atoms. The molecule has 4 aromatic rings. The van der Waals surface area contributed by atoms with Gasteiger partial charge in [-0.2, -0.15) is 0 Å². The van der Waals surface area contributed by atoms with Gasteiger partial charge in [0.05, 0.1) is 19.3 Å². The SMILES string of the molecule is O=C(OCc1ccccc1)N(Cc1ccccc1)[C@@H]1CC=C[C@@H](OCc2ccccc2)[C@H](OCc2ccccc2)C1. The van der Waals surface area contributed by atoms with E-state index in [4.69, 9.17) is 14.2 Å². The van der Waals surface area contributed by atoms with Crippen LogP contribution >= 0.6 is 0 Å². The monoisotopic (exact) mass is 547 g/mol. The number of carbonyl (C=O) groups is 1. The Labute approximate surface area is 243 Å². The van der Waals surface area contributed by atoms with Crippen LogP contribution in [0.25, 0.3) is 0 Å². The van der Waals surface area contributed by atoms with Crippen LogP contribution in [-0.2, 0) is 40.6 Å². The Morgan fingerprint density at radius 1 is 0.634 bits per heavy atom. The Kier molecular flexibility index (Phi) is 10.4. The molecule has 0 aromatic heterocycles. The lowest BCUT2D eigenvalue weighted by atomic mass is 10.0. The van der Waals surface area contributed by atoms with Gasteiger partial charge in [-0.1, -0.05) is 133 Å². The third-order valence-electron chi connectivity index (χ3n) is 7.27. The maximum Gasteiger partial charge on any atom is 0.410 e. The number of nitrogens with zero attached hydrogens (tertiary/aromatic N) is 1. The minimum atomic E-state index is -0.332. The molecule has 0 heterocycles. The Morgan fingerprint density at radius 3 is 1.68 bits per heavy atom. The average Bonchev–Trinajstić information content (AvgIpc) is 3.24. The van der Waals surface area contributed by atoms with E-state index in [1.54, 1.807) is 0 Å². The van der Waals surface area contributed by atoms with Crippen molar-refractivity contribution in [2.24, 2.45) is 0 Å². The molecule has 3 atom stereocenters. The van der Waals surface area contributed by atoms with Crippen molar-refractivity contribution >= 4 is 6.09 Å². The summed E-state index contributed by atoms with van der Waals surface area (Å²) in [7, 11) is 0. The van der Waals surface area contributed by atoms with Crippen molar-refractivity contribution in [2.45, 2.75) is 57.5 Å². The first-order chi connectivity index (χ1) is 20.2. The molecule has 5 heteroatoms. The van der Waals surface area contributed by atoms with E-state index in [0.717, 1.165) is 22.3 Å². The molecule has 5 rings (SSSR count). The molecule has 0 saturated carbocycles. The Bertz CT molecular complexity index is 1350. The Balaban J connectivity index is 1.34. The predicted octanol–water partition coefficient (Wildman–Crippen LogP) is 7.71. The minimum absolute atomic E-state index is 0.124. The van der Waals surface area contributed by atoms with Gasteiger partial charge in [0.1, 0.15) is 12.7 Å². The first-order valence-electron chi connectivity index (χ1n) is 14.2. The van der Waals surface area contributed by atoms with E-state index >= 15 is 0 Å². The van der Waals surface area contributed by atoms with Crippen LogP contribution in [0.4, 0.5) is 4.79 Å². The lowest BCUT2D eigenvalue weighted by molar-refractivity contribution is -0.0744. The Hall–Kier alpha value is -4.19. The van der Waals surface area contributed by atoms with Crippen LogP contribution in [0, 0.1) is 0 Å². The van der Waals surface area contributed by atoms with Crippen molar-refractivity contribution in [2.75, 3.05) is 0 Å². The molecule has 1 aliphatic rings. The smallest absolute Gasteiger partial charge is 0.410 e. The highest BCUT2D eigenvalue weighted by Crippen LogP contribution is 2.26. The second-order valence-electron chi connectivity index (χ2n) is 10.3. The molecule has 1 aliphatic carbocycles. The summed E-state index contributed by atoms with van der Waals surface area (Å²) in [5.41, 5.74) is 4.22. The van der Waals surface area contributed by atoms with E-state index < -0.39 is 0 Å². The molecule has 5 nitrogen and oxygen atoms in total. The molecule has 0 aliphatic heterocycles. The van der Waals surface area contributed by atoms with Gasteiger partial charge in [-0.3, -0.25) is 0 Å². The van der Waals surface area contributed by atoms with Crippen LogP contribution in [-0.4, -0.2) is 29.2 Å². The molecular weight excluding hydrogens is 510 g/mol. The zero-order chi connectivity index (χ0) is 28.1. The van der Waals surface area contributed by atoms with Gasteiger partial charge in [0.2, 0.25) is 0 Å². The van der Waals surface area contributed by atoms with Crippen LogP contribution < -0.4 is 0 Å². The molecule has 0 radical (unpaired) electrons. The third-order valence-corrected chi connectivity index (χ3v) is 7.27. The van der Waals surface area contributed by atoms with Gasteiger partial charge in [-0.25, -0.2) is 4.79 Å². The molecule has 0 fully saturated rings. The maximum atomic E-state index is 13.6. The summed E-state index contributed by atoms with van der Waals surface area (Å²) in [6.45, 7) is 1.63. The largest absolute Gasteiger partial charge is 0.445 e. The highest BCUT2D eigenvalue weighted by molar-refractivity contribution is 5.68. The van der Waals surface area contributed by atoms with Gasteiger partial charge < -0.3 is 19.1 Å². The highest BCUT2D eigenvalue weighted by atomic mass is 16.6. The van der Waals surface area contributed by atoms with E-state index in [0.29, 0.717) is 32.6 Å². The molecule has 0 unspecified atom stereocenters. The van der Waals surface area contributed by atoms with Gasteiger partial charge in [-0.15, -0.1) is 0 Å². The quantitative estimate of drug-likeness (QED) is 0.180. The van der Waals surface area contributed by atoms with Gasteiger partial charge in [-0.05, 0) is 35.1 Å². The van der Waals surface area contributed by atoms with E-state index in [9.17, 15) is 4.79 Å². The first-order valence-corrected chi connectivity index (χ1v) is 14.2. The zero-order valence-electron chi connectivity index (χ0n) is 23.3. The summed E-state index contributed by atoms with van der Waals surface area (Å²) in [6.07, 6.45) is 4.69. The average molecular weight is 548 g/mol. The van der Waals surface area contributed by atoms with E-state index in [-0.39, 0.29) is 30.9 Å². The van der Waals surface area contributed by atoms with Gasteiger partial charge in [0.15, 0.2) is 0 Å². The van der Waals surface area contributed by atoms with Crippen LogP contribution in [0.2, 0.25) is 0 Å². The molecular formula is C36H37NO4. The molecule has 1 amide bonds. The lowest BCUT2D eigenvalue weighted by Crippen LogP contribution is -2.43. The maximum absolute atomic E-state index is 13.6.